The van der Waals surface area contributed by atoms with E-state index < -0.39 is 10.1 Å². The van der Waals surface area contributed by atoms with Crippen molar-refractivity contribution in [2.75, 3.05) is 7.11 Å². The van der Waals surface area contributed by atoms with E-state index in [4.69, 9.17) is 8.92 Å². The molecule has 0 spiro atoms. The van der Waals surface area contributed by atoms with Crippen LogP contribution in [-0.4, -0.2) is 33.9 Å². The van der Waals surface area contributed by atoms with Crippen LogP contribution in [0.25, 0.3) is 0 Å². The molecule has 1 aliphatic heterocycles. The van der Waals surface area contributed by atoms with Crippen molar-refractivity contribution in [3.63, 3.8) is 0 Å². The molecular weight excluding hydrogens is 362 g/mol. The topological polar surface area (TPSA) is 65.0 Å². The Morgan fingerprint density at radius 3 is 2.70 bits per heavy atom. The van der Waals surface area contributed by atoms with E-state index in [0.29, 0.717) is 12.8 Å². The van der Waals surface area contributed by atoms with E-state index in [1.807, 2.05) is 36.5 Å². The molecule has 1 heterocycles. The zero-order valence-electron chi connectivity index (χ0n) is 15.2. The van der Waals surface area contributed by atoms with Crippen molar-refractivity contribution >= 4 is 16.3 Å². The monoisotopic (exact) mass is 385 g/mol. The molecule has 27 heavy (non-hydrogen) atoms. The van der Waals surface area contributed by atoms with Gasteiger partial charge in [0.15, 0.2) is 0 Å². The summed E-state index contributed by atoms with van der Waals surface area (Å²) in [5, 5.41) is 0. The number of ether oxygens (including phenoxy) is 1. The molecule has 4 rings (SSSR count). The summed E-state index contributed by atoms with van der Waals surface area (Å²) in [5.74, 6) is 0.888. The van der Waals surface area contributed by atoms with Gasteiger partial charge in [-0.25, -0.2) is 0 Å². The third-order valence-corrected chi connectivity index (χ3v) is 6.59. The SMILES string of the molecule is COc1ccc2c(c1)C=NC1CCC(OS(=O)(=O)Cc3ccccc3)CC21. The molecule has 1 saturated carbocycles. The molecule has 0 aromatic heterocycles. The fourth-order valence-electron chi connectivity index (χ4n) is 4.04. The predicted octanol–water partition coefficient (Wildman–Crippen LogP) is 3.68. The minimum Gasteiger partial charge on any atom is -0.497 e. The first-order chi connectivity index (χ1) is 13.0. The summed E-state index contributed by atoms with van der Waals surface area (Å²) >= 11 is 0. The second kappa shape index (κ2) is 7.44. The number of fused-ring (bicyclic) bond motifs is 3. The lowest BCUT2D eigenvalue weighted by atomic mass is 9.76. The van der Waals surface area contributed by atoms with E-state index in [-0.39, 0.29) is 23.8 Å². The first kappa shape index (κ1) is 18.2. The van der Waals surface area contributed by atoms with Crippen LogP contribution in [0.4, 0.5) is 0 Å². The van der Waals surface area contributed by atoms with Crippen LogP contribution in [0.15, 0.2) is 53.5 Å². The number of hydrogen-bond donors (Lipinski definition) is 0. The lowest BCUT2D eigenvalue weighted by Gasteiger charge is -2.36. The molecule has 142 valence electrons. The van der Waals surface area contributed by atoms with Crippen LogP contribution in [0.2, 0.25) is 0 Å². The molecule has 1 aliphatic carbocycles. The molecule has 0 saturated heterocycles. The number of hydrogen-bond acceptors (Lipinski definition) is 5. The van der Waals surface area contributed by atoms with Gasteiger partial charge in [0, 0.05) is 12.1 Å². The van der Waals surface area contributed by atoms with E-state index in [1.54, 1.807) is 19.2 Å². The summed E-state index contributed by atoms with van der Waals surface area (Å²) < 4.78 is 35.9. The molecule has 3 atom stereocenters. The van der Waals surface area contributed by atoms with Gasteiger partial charge in [-0.15, -0.1) is 0 Å². The maximum Gasteiger partial charge on any atom is 0.271 e. The molecule has 1 fully saturated rings. The lowest BCUT2D eigenvalue weighted by Crippen LogP contribution is -2.34. The van der Waals surface area contributed by atoms with Crippen molar-refractivity contribution in [2.24, 2.45) is 4.99 Å². The fourth-order valence-corrected chi connectivity index (χ4v) is 5.30. The lowest BCUT2D eigenvalue weighted by molar-refractivity contribution is 0.140. The number of aliphatic imine (C=N–C) groups is 1. The molecule has 3 unspecified atom stereocenters. The van der Waals surface area contributed by atoms with Gasteiger partial charge in [-0.3, -0.25) is 9.18 Å². The molecular formula is C21H23NO4S. The van der Waals surface area contributed by atoms with E-state index in [0.717, 1.165) is 23.3 Å². The Morgan fingerprint density at radius 1 is 1.11 bits per heavy atom. The second-order valence-electron chi connectivity index (χ2n) is 7.17. The second-order valence-corrected chi connectivity index (χ2v) is 8.76. The van der Waals surface area contributed by atoms with Crippen molar-refractivity contribution in [3.8, 4) is 5.75 Å². The Balaban J connectivity index is 1.48. The molecule has 0 N–H and O–H groups in total. The van der Waals surface area contributed by atoms with E-state index >= 15 is 0 Å². The number of benzene rings is 2. The summed E-state index contributed by atoms with van der Waals surface area (Å²) in [6, 6.07) is 15.3. The number of nitrogens with zero attached hydrogens (tertiary/aromatic N) is 1. The highest BCUT2D eigenvalue weighted by atomic mass is 32.2. The van der Waals surface area contributed by atoms with Crippen LogP contribution in [0.5, 0.6) is 5.75 Å². The Morgan fingerprint density at radius 2 is 1.93 bits per heavy atom. The highest BCUT2D eigenvalue weighted by Gasteiger charge is 2.36. The van der Waals surface area contributed by atoms with E-state index in [2.05, 4.69) is 11.1 Å². The van der Waals surface area contributed by atoms with Crippen LogP contribution >= 0.6 is 0 Å². The van der Waals surface area contributed by atoms with Crippen LogP contribution in [0, 0.1) is 0 Å². The smallest absolute Gasteiger partial charge is 0.271 e. The minimum absolute atomic E-state index is 0.0929. The standard InChI is InChI=1S/C21H23NO4S/c1-25-17-7-9-19-16(11-17)13-22-21-10-8-18(12-20(19)21)26-27(23,24)14-15-5-3-2-4-6-15/h2-7,9,11,13,18,20-21H,8,10,12,14H2,1H3. The molecule has 0 bridgehead atoms. The molecule has 6 heteroatoms. The van der Waals surface area contributed by atoms with Gasteiger partial charge < -0.3 is 4.74 Å². The average molecular weight is 385 g/mol. The first-order valence-electron chi connectivity index (χ1n) is 9.20. The maximum absolute atomic E-state index is 12.5. The molecule has 0 radical (unpaired) electrons. The normalized spacial score (nSPS) is 24.1. The Labute approximate surface area is 160 Å². The third kappa shape index (κ3) is 4.06. The third-order valence-electron chi connectivity index (χ3n) is 5.33. The van der Waals surface area contributed by atoms with E-state index in [1.165, 1.54) is 5.56 Å². The average Bonchev–Trinajstić information content (AvgIpc) is 2.67. The highest BCUT2D eigenvalue weighted by molar-refractivity contribution is 7.85. The van der Waals surface area contributed by atoms with Gasteiger partial charge in [-0.05, 0) is 48.1 Å². The molecule has 2 aliphatic rings. The summed E-state index contributed by atoms with van der Waals surface area (Å²) in [4.78, 5) is 4.68. The van der Waals surface area contributed by atoms with Crippen molar-refractivity contribution in [1.29, 1.82) is 0 Å². The van der Waals surface area contributed by atoms with Gasteiger partial charge in [0.2, 0.25) is 0 Å². The maximum atomic E-state index is 12.5. The summed E-state index contributed by atoms with van der Waals surface area (Å²) in [6.07, 6.45) is 3.81. The molecule has 0 amide bonds. The molecule has 5 nitrogen and oxygen atoms in total. The zero-order chi connectivity index (χ0) is 18.9. The van der Waals surface area contributed by atoms with Crippen molar-refractivity contribution in [1.82, 2.24) is 0 Å². The van der Waals surface area contributed by atoms with Crippen LogP contribution in [-0.2, 0) is 20.1 Å². The van der Waals surface area contributed by atoms with Crippen LogP contribution in [0.3, 0.4) is 0 Å². The largest absolute Gasteiger partial charge is 0.497 e. The quantitative estimate of drug-likeness (QED) is 0.737. The van der Waals surface area contributed by atoms with Gasteiger partial charge in [0.1, 0.15) is 11.5 Å². The summed E-state index contributed by atoms with van der Waals surface area (Å²) in [5.41, 5.74) is 2.99. The van der Waals surface area contributed by atoms with Gasteiger partial charge in [-0.1, -0.05) is 36.4 Å². The zero-order valence-corrected chi connectivity index (χ0v) is 16.1. The van der Waals surface area contributed by atoms with Gasteiger partial charge in [0.05, 0.1) is 19.3 Å². The molecule has 2 aromatic rings. The fraction of sp³-hybridized carbons (Fsp3) is 0.381. The predicted molar refractivity (Wildman–Crippen MR) is 105 cm³/mol. The van der Waals surface area contributed by atoms with Crippen molar-refractivity contribution in [2.45, 2.75) is 43.1 Å². The van der Waals surface area contributed by atoms with Crippen LogP contribution < -0.4 is 4.74 Å². The Bertz CT molecular complexity index is 940. The molecule has 2 aromatic carbocycles. The minimum atomic E-state index is -3.62. The van der Waals surface area contributed by atoms with Crippen LogP contribution in [0.1, 0.15) is 41.9 Å². The van der Waals surface area contributed by atoms with E-state index in [9.17, 15) is 8.42 Å². The van der Waals surface area contributed by atoms with Gasteiger partial charge in [-0.2, -0.15) is 8.42 Å². The van der Waals surface area contributed by atoms with Crippen molar-refractivity contribution < 1.29 is 17.3 Å². The van der Waals surface area contributed by atoms with Gasteiger partial charge in [0.25, 0.3) is 10.1 Å². The van der Waals surface area contributed by atoms with Crippen molar-refractivity contribution in [3.05, 3.63) is 65.2 Å². The Kier molecular flexibility index (Phi) is 5.02. The number of methoxy groups -OCH3 is 1. The number of rotatable bonds is 5. The highest BCUT2D eigenvalue weighted by Crippen LogP contribution is 2.41. The summed E-state index contributed by atoms with van der Waals surface area (Å²) in [7, 11) is -1.97. The first-order valence-corrected chi connectivity index (χ1v) is 10.8. The Hall–Kier alpha value is -2.18. The summed E-state index contributed by atoms with van der Waals surface area (Å²) in [6.45, 7) is 0. The van der Waals surface area contributed by atoms with Gasteiger partial charge >= 0.3 is 0 Å².